The molecule has 128 valence electrons. The number of carboxylic acid groups (broad SMARTS) is 1. The van der Waals surface area contributed by atoms with Gasteiger partial charge >= 0.3 is 5.97 Å². The largest absolute Gasteiger partial charge is 0.478 e. The number of rotatable bonds is 2. The number of hydrogen-bond donors (Lipinski definition) is 2. The van der Waals surface area contributed by atoms with Gasteiger partial charge in [0.15, 0.2) is 0 Å². The zero-order valence-electron chi connectivity index (χ0n) is 14.2. The van der Waals surface area contributed by atoms with Gasteiger partial charge in [-0.2, -0.15) is 0 Å². The van der Waals surface area contributed by atoms with Gasteiger partial charge in [0, 0.05) is 11.6 Å². The van der Waals surface area contributed by atoms with E-state index in [0.29, 0.717) is 11.5 Å². The average molecular weight is 341 g/mol. The van der Waals surface area contributed by atoms with Crippen molar-refractivity contribution in [1.82, 2.24) is 0 Å². The highest BCUT2D eigenvalue weighted by molar-refractivity contribution is 5.89. The lowest BCUT2D eigenvalue weighted by Crippen LogP contribution is -2.29. The molecule has 1 heterocycles. The first-order chi connectivity index (χ1) is 12.7. The fourth-order valence-corrected chi connectivity index (χ4v) is 4.56. The molecule has 1 aliphatic carbocycles. The van der Waals surface area contributed by atoms with E-state index in [0.717, 1.165) is 17.7 Å². The third kappa shape index (κ3) is 2.24. The summed E-state index contributed by atoms with van der Waals surface area (Å²) in [7, 11) is 0. The molecule has 3 aromatic carbocycles. The Morgan fingerprint density at radius 3 is 2.73 bits per heavy atom. The van der Waals surface area contributed by atoms with Gasteiger partial charge in [0.25, 0.3) is 0 Å². The number of nitrogens with one attached hydrogen (secondary N) is 1. The first-order valence-electron chi connectivity index (χ1n) is 9.00. The van der Waals surface area contributed by atoms with Crippen LogP contribution in [0.25, 0.3) is 10.8 Å². The second kappa shape index (κ2) is 5.73. The molecule has 0 saturated heterocycles. The van der Waals surface area contributed by atoms with Crippen molar-refractivity contribution < 1.29 is 9.90 Å². The van der Waals surface area contributed by atoms with Crippen LogP contribution in [0.5, 0.6) is 0 Å². The van der Waals surface area contributed by atoms with Crippen molar-refractivity contribution in [3.63, 3.8) is 0 Å². The van der Waals surface area contributed by atoms with Crippen LogP contribution >= 0.6 is 0 Å². The van der Waals surface area contributed by atoms with Gasteiger partial charge in [0.1, 0.15) is 0 Å². The predicted molar refractivity (Wildman–Crippen MR) is 104 cm³/mol. The average Bonchev–Trinajstić information content (AvgIpc) is 3.16. The minimum atomic E-state index is -0.873. The Morgan fingerprint density at radius 2 is 1.85 bits per heavy atom. The zero-order chi connectivity index (χ0) is 17.7. The van der Waals surface area contributed by atoms with E-state index in [1.165, 1.54) is 16.3 Å². The Balaban J connectivity index is 1.65. The van der Waals surface area contributed by atoms with Crippen molar-refractivity contribution >= 4 is 22.4 Å². The molecule has 3 heteroatoms. The molecule has 0 saturated carbocycles. The molecule has 3 nitrogen and oxygen atoms in total. The Hall–Kier alpha value is -3.07. The number of benzene rings is 3. The predicted octanol–water partition coefficient (Wildman–Crippen LogP) is 5.36. The van der Waals surface area contributed by atoms with Crippen molar-refractivity contribution in [1.29, 1.82) is 0 Å². The van der Waals surface area contributed by atoms with Crippen molar-refractivity contribution in [2.75, 3.05) is 5.32 Å². The maximum absolute atomic E-state index is 11.4. The smallest absolute Gasteiger partial charge is 0.335 e. The topological polar surface area (TPSA) is 49.3 Å². The molecule has 3 atom stereocenters. The molecule has 0 spiro atoms. The van der Waals surface area contributed by atoms with Gasteiger partial charge in [-0.15, -0.1) is 0 Å². The van der Waals surface area contributed by atoms with Gasteiger partial charge in [-0.1, -0.05) is 54.6 Å². The number of carboxylic acids is 1. The summed E-state index contributed by atoms with van der Waals surface area (Å²) in [5.41, 5.74) is 3.81. The second-order valence-corrected chi connectivity index (χ2v) is 7.15. The first-order valence-corrected chi connectivity index (χ1v) is 9.00. The van der Waals surface area contributed by atoms with E-state index < -0.39 is 5.97 Å². The number of allylic oxidation sites excluding steroid dienone is 2. The molecule has 2 aliphatic rings. The van der Waals surface area contributed by atoms with E-state index in [4.69, 9.17) is 0 Å². The van der Waals surface area contributed by atoms with Crippen LogP contribution in [0.2, 0.25) is 0 Å². The fourth-order valence-electron chi connectivity index (χ4n) is 4.56. The molecule has 5 rings (SSSR count). The molecule has 0 unspecified atom stereocenters. The van der Waals surface area contributed by atoms with E-state index in [-0.39, 0.29) is 12.0 Å². The molecular weight excluding hydrogens is 322 g/mol. The van der Waals surface area contributed by atoms with Crippen LogP contribution < -0.4 is 5.32 Å². The molecular formula is C23H19NO2. The standard InChI is InChI=1S/C23H19NO2/c25-23(26)15-11-12-21-20(13-15)17-8-4-10-19(17)22(24-21)18-9-3-6-14-5-1-2-7-16(14)18/h1-9,11-13,17,19,22,24H,10H2,(H,25,26)/t17-,19-,22+/m1/s1. The Morgan fingerprint density at radius 1 is 1.00 bits per heavy atom. The van der Waals surface area contributed by atoms with Crippen LogP contribution in [0.3, 0.4) is 0 Å². The highest BCUT2D eigenvalue weighted by Gasteiger charge is 2.38. The normalized spacial score (nSPS) is 23.3. The van der Waals surface area contributed by atoms with E-state index in [1.54, 1.807) is 6.07 Å². The van der Waals surface area contributed by atoms with E-state index in [1.807, 2.05) is 12.1 Å². The first kappa shape index (κ1) is 15.2. The lowest BCUT2D eigenvalue weighted by molar-refractivity contribution is 0.0696. The molecule has 3 aromatic rings. The van der Waals surface area contributed by atoms with Crippen LogP contribution in [0.15, 0.2) is 72.8 Å². The lowest BCUT2D eigenvalue weighted by Gasteiger charge is -2.38. The highest BCUT2D eigenvalue weighted by Crippen LogP contribution is 2.50. The quantitative estimate of drug-likeness (QED) is 0.617. The Labute approximate surface area is 152 Å². The molecule has 0 aromatic heterocycles. The fraction of sp³-hybridized carbons (Fsp3) is 0.174. The number of carbonyl (C=O) groups is 1. The minimum absolute atomic E-state index is 0.212. The summed E-state index contributed by atoms with van der Waals surface area (Å²) in [5, 5.41) is 15.6. The van der Waals surface area contributed by atoms with E-state index >= 15 is 0 Å². The summed E-state index contributed by atoms with van der Waals surface area (Å²) in [6.07, 6.45) is 5.48. The summed E-state index contributed by atoms with van der Waals surface area (Å²) in [5.74, 6) is -0.214. The third-order valence-electron chi connectivity index (χ3n) is 5.77. The van der Waals surface area contributed by atoms with Crippen LogP contribution in [0.1, 0.15) is 39.9 Å². The Bertz CT molecular complexity index is 1050. The van der Waals surface area contributed by atoms with Crippen molar-refractivity contribution in [2.45, 2.75) is 18.4 Å². The zero-order valence-corrected chi connectivity index (χ0v) is 14.2. The van der Waals surface area contributed by atoms with Crippen molar-refractivity contribution in [3.05, 3.63) is 89.5 Å². The van der Waals surface area contributed by atoms with Crippen LogP contribution in [0.4, 0.5) is 5.69 Å². The van der Waals surface area contributed by atoms with Gasteiger partial charge < -0.3 is 10.4 Å². The van der Waals surface area contributed by atoms with Gasteiger partial charge in [0.2, 0.25) is 0 Å². The molecule has 0 amide bonds. The second-order valence-electron chi connectivity index (χ2n) is 7.15. The summed E-state index contributed by atoms with van der Waals surface area (Å²) in [6.45, 7) is 0. The highest BCUT2D eigenvalue weighted by atomic mass is 16.4. The van der Waals surface area contributed by atoms with E-state index in [2.05, 4.69) is 59.9 Å². The lowest BCUT2D eigenvalue weighted by atomic mass is 9.76. The van der Waals surface area contributed by atoms with Crippen molar-refractivity contribution in [3.8, 4) is 0 Å². The molecule has 26 heavy (non-hydrogen) atoms. The van der Waals surface area contributed by atoms with E-state index in [9.17, 15) is 9.90 Å². The minimum Gasteiger partial charge on any atom is -0.478 e. The molecule has 1 aliphatic heterocycles. The SMILES string of the molecule is O=C(O)c1ccc2c(c1)[C@@H]1C=CC[C@H]1[C@H](c1cccc3ccccc13)N2. The maximum Gasteiger partial charge on any atom is 0.335 e. The number of hydrogen-bond acceptors (Lipinski definition) is 2. The monoisotopic (exact) mass is 341 g/mol. The van der Waals surface area contributed by atoms with Crippen LogP contribution in [0, 0.1) is 5.92 Å². The van der Waals surface area contributed by atoms with Crippen LogP contribution in [-0.4, -0.2) is 11.1 Å². The van der Waals surface area contributed by atoms with Gasteiger partial charge in [-0.25, -0.2) is 4.79 Å². The van der Waals surface area contributed by atoms with Gasteiger partial charge in [-0.3, -0.25) is 0 Å². The Kier molecular flexibility index (Phi) is 3.35. The molecule has 0 radical (unpaired) electrons. The number of aromatic carboxylic acids is 1. The van der Waals surface area contributed by atoms with Crippen LogP contribution in [-0.2, 0) is 0 Å². The van der Waals surface area contributed by atoms with Gasteiger partial charge in [0.05, 0.1) is 11.6 Å². The maximum atomic E-state index is 11.4. The summed E-state index contributed by atoms with van der Waals surface area (Å²) in [4.78, 5) is 11.4. The molecule has 0 bridgehead atoms. The summed E-state index contributed by atoms with van der Waals surface area (Å²) >= 11 is 0. The molecule has 0 fully saturated rings. The molecule has 2 N–H and O–H groups in total. The summed E-state index contributed by atoms with van der Waals surface area (Å²) < 4.78 is 0. The van der Waals surface area contributed by atoms with Crippen molar-refractivity contribution in [2.24, 2.45) is 5.92 Å². The number of anilines is 1. The van der Waals surface area contributed by atoms with Gasteiger partial charge in [-0.05, 0) is 52.4 Å². The number of fused-ring (bicyclic) bond motifs is 4. The summed E-state index contributed by atoms with van der Waals surface area (Å²) in [6, 6.07) is 20.6. The third-order valence-corrected chi connectivity index (χ3v) is 5.77.